The number of aromatic nitrogens is 1. The Kier molecular flexibility index (Phi) is 1.90. The van der Waals surface area contributed by atoms with Gasteiger partial charge >= 0.3 is 0 Å². The quantitative estimate of drug-likeness (QED) is 0.593. The summed E-state index contributed by atoms with van der Waals surface area (Å²) in [5, 5.41) is 2.48. The highest BCUT2D eigenvalue weighted by molar-refractivity contribution is 6.09. The summed E-state index contributed by atoms with van der Waals surface area (Å²) >= 11 is 0. The third-order valence-corrected chi connectivity index (χ3v) is 3.13. The molecule has 0 spiro atoms. The first kappa shape index (κ1) is 9.28. The lowest BCUT2D eigenvalue weighted by Crippen LogP contribution is -1.82. The minimum Gasteiger partial charge on any atom is -0.399 e. The molecule has 3 N–H and O–H groups in total. The third-order valence-electron chi connectivity index (χ3n) is 3.13. The van der Waals surface area contributed by atoms with E-state index < -0.39 is 0 Å². The number of nitrogens with one attached hydrogen (secondary N) is 1. The Morgan fingerprint density at radius 1 is 1.12 bits per heavy atom. The fourth-order valence-electron chi connectivity index (χ4n) is 2.30. The molecule has 0 radical (unpaired) electrons. The van der Waals surface area contributed by atoms with Crippen molar-refractivity contribution in [2.75, 3.05) is 5.73 Å². The van der Waals surface area contributed by atoms with Crippen LogP contribution in [-0.2, 0) is 6.42 Å². The molecule has 0 fully saturated rings. The average Bonchev–Trinajstić information content (AvgIpc) is 2.67. The molecule has 0 bridgehead atoms. The third kappa shape index (κ3) is 1.20. The van der Waals surface area contributed by atoms with E-state index >= 15 is 0 Å². The monoisotopic (exact) mass is 210 g/mol. The molecule has 80 valence electrons. The van der Waals surface area contributed by atoms with Crippen LogP contribution in [-0.4, -0.2) is 4.98 Å². The van der Waals surface area contributed by atoms with Gasteiger partial charge in [0.2, 0.25) is 0 Å². The molecule has 0 aliphatic carbocycles. The van der Waals surface area contributed by atoms with Crippen molar-refractivity contribution in [2.45, 2.75) is 13.3 Å². The number of para-hydroxylation sites is 1. The molecule has 0 amide bonds. The second-order valence-corrected chi connectivity index (χ2v) is 4.12. The van der Waals surface area contributed by atoms with Crippen molar-refractivity contribution in [1.29, 1.82) is 0 Å². The van der Waals surface area contributed by atoms with Crippen LogP contribution >= 0.6 is 0 Å². The standard InChI is InChI=1S/C14H14N2/c1-2-9-4-3-5-11-12-8-10(15)6-7-13(12)16-14(9)11/h3-8,16H,2,15H2,1H3. The van der Waals surface area contributed by atoms with Crippen molar-refractivity contribution < 1.29 is 0 Å². The highest BCUT2D eigenvalue weighted by Gasteiger charge is 2.06. The van der Waals surface area contributed by atoms with E-state index in [0.29, 0.717) is 0 Å². The first-order valence-electron chi connectivity index (χ1n) is 5.58. The number of benzene rings is 2. The van der Waals surface area contributed by atoms with Crippen molar-refractivity contribution in [3.05, 3.63) is 42.0 Å². The fraction of sp³-hybridized carbons (Fsp3) is 0.143. The number of nitrogen functional groups attached to an aromatic ring is 1. The Labute approximate surface area is 94.1 Å². The highest BCUT2D eigenvalue weighted by Crippen LogP contribution is 2.29. The van der Waals surface area contributed by atoms with Gasteiger partial charge in [-0.15, -0.1) is 0 Å². The van der Waals surface area contributed by atoms with E-state index in [2.05, 4.69) is 30.1 Å². The van der Waals surface area contributed by atoms with Crippen molar-refractivity contribution in [3.8, 4) is 0 Å². The number of hydrogen-bond acceptors (Lipinski definition) is 1. The predicted molar refractivity (Wildman–Crippen MR) is 69.6 cm³/mol. The zero-order chi connectivity index (χ0) is 11.1. The number of hydrogen-bond donors (Lipinski definition) is 2. The molecule has 0 aliphatic heterocycles. The van der Waals surface area contributed by atoms with Gasteiger partial charge in [-0.05, 0) is 30.2 Å². The van der Waals surface area contributed by atoms with Gasteiger partial charge in [-0.25, -0.2) is 0 Å². The Hall–Kier alpha value is -1.96. The maximum atomic E-state index is 5.83. The summed E-state index contributed by atoms with van der Waals surface area (Å²) in [6.45, 7) is 2.18. The van der Waals surface area contributed by atoms with E-state index in [0.717, 1.165) is 17.6 Å². The first-order valence-corrected chi connectivity index (χ1v) is 5.58. The molecular weight excluding hydrogens is 196 g/mol. The van der Waals surface area contributed by atoms with Gasteiger partial charge in [0.15, 0.2) is 0 Å². The maximum absolute atomic E-state index is 5.83. The molecule has 2 aromatic carbocycles. The molecule has 16 heavy (non-hydrogen) atoms. The number of H-pyrrole nitrogens is 1. The summed E-state index contributed by atoms with van der Waals surface area (Å²) in [6.07, 6.45) is 1.04. The van der Waals surface area contributed by atoms with Gasteiger partial charge in [-0.1, -0.05) is 25.1 Å². The second kappa shape index (κ2) is 3.27. The van der Waals surface area contributed by atoms with Crippen molar-refractivity contribution in [1.82, 2.24) is 4.98 Å². The number of nitrogens with two attached hydrogens (primary N) is 1. The number of rotatable bonds is 1. The minimum absolute atomic E-state index is 0.815. The van der Waals surface area contributed by atoms with Crippen LogP contribution in [0.2, 0.25) is 0 Å². The van der Waals surface area contributed by atoms with E-state index in [-0.39, 0.29) is 0 Å². The molecule has 3 rings (SSSR count). The van der Waals surface area contributed by atoms with Gasteiger partial charge in [-0.2, -0.15) is 0 Å². The van der Waals surface area contributed by atoms with Gasteiger partial charge in [0.05, 0.1) is 0 Å². The molecular formula is C14H14N2. The first-order chi connectivity index (χ1) is 7.79. The summed E-state index contributed by atoms with van der Waals surface area (Å²) in [5.41, 5.74) is 10.4. The van der Waals surface area contributed by atoms with Gasteiger partial charge in [0, 0.05) is 27.5 Å². The van der Waals surface area contributed by atoms with Crippen LogP contribution in [0.1, 0.15) is 12.5 Å². The Morgan fingerprint density at radius 2 is 2.00 bits per heavy atom. The predicted octanol–water partition coefficient (Wildman–Crippen LogP) is 3.47. The maximum Gasteiger partial charge on any atom is 0.0497 e. The van der Waals surface area contributed by atoms with Crippen LogP contribution in [0, 0.1) is 0 Å². The van der Waals surface area contributed by atoms with Crippen molar-refractivity contribution in [3.63, 3.8) is 0 Å². The lowest BCUT2D eigenvalue weighted by molar-refractivity contribution is 1.15. The van der Waals surface area contributed by atoms with Crippen LogP contribution in [0.15, 0.2) is 36.4 Å². The summed E-state index contributed by atoms with van der Waals surface area (Å²) in [5.74, 6) is 0. The summed E-state index contributed by atoms with van der Waals surface area (Å²) < 4.78 is 0. The fourth-order valence-corrected chi connectivity index (χ4v) is 2.30. The zero-order valence-corrected chi connectivity index (χ0v) is 9.25. The minimum atomic E-state index is 0.815. The normalized spacial score (nSPS) is 11.3. The summed E-state index contributed by atoms with van der Waals surface area (Å²) in [7, 11) is 0. The lowest BCUT2D eigenvalue weighted by atomic mass is 10.1. The van der Waals surface area contributed by atoms with E-state index in [4.69, 9.17) is 5.73 Å². The van der Waals surface area contributed by atoms with Crippen molar-refractivity contribution in [2.24, 2.45) is 0 Å². The van der Waals surface area contributed by atoms with Crippen LogP contribution in [0.4, 0.5) is 5.69 Å². The van der Waals surface area contributed by atoms with Crippen LogP contribution in [0.25, 0.3) is 21.8 Å². The smallest absolute Gasteiger partial charge is 0.0497 e. The van der Waals surface area contributed by atoms with Crippen LogP contribution < -0.4 is 5.73 Å². The van der Waals surface area contributed by atoms with E-state index in [1.165, 1.54) is 21.9 Å². The lowest BCUT2D eigenvalue weighted by Gasteiger charge is -1.98. The molecule has 0 saturated carbocycles. The molecule has 0 saturated heterocycles. The molecule has 0 atom stereocenters. The summed E-state index contributed by atoms with van der Waals surface area (Å²) in [4.78, 5) is 3.47. The molecule has 0 unspecified atom stereocenters. The number of fused-ring (bicyclic) bond motifs is 3. The largest absolute Gasteiger partial charge is 0.399 e. The second-order valence-electron chi connectivity index (χ2n) is 4.12. The van der Waals surface area contributed by atoms with Gasteiger partial charge < -0.3 is 10.7 Å². The summed E-state index contributed by atoms with van der Waals surface area (Å²) in [6, 6.07) is 12.4. The van der Waals surface area contributed by atoms with E-state index in [1.807, 2.05) is 18.2 Å². The Bertz CT molecular complexity index is 665. The zero-order valence-electron chi connectivity index (χ0n) is 9.25. The highest BCUT2D eigenvalue weighted by atomic mass is 14.7. The molecule has 2 nitrogen and oxygen atoms in total. The topological polar surface area (TPSA) is 41.8 Å². The molecule has 1 heterocycles. The van der Waals surface area contributed by atoms with Gasteiger partial charge in [0.25, 0.3) is 0 Å². The van der Waals surface area contributed by atoms with E-state index in [1.54, 1.807) is 0 Å². The molecule has 1 aromatic heterocycles. The number of anilines is 1. The van der Waals surface area contributed by atoms with E-state index in [9.17, 15) is 0 Å². The number of aromatic amines is 1. The molecule has 2 heteroatoms. The van der Waals surface area contributed by atoms with Gasteiger partial charge in [0.1, 0.15) is 0 Å². The Morgan fingerprint density at radius 3 is 2.81 bits per heavy atom. The van der Waals surface area contributed by atoms with Crippen molar-refractivity contribution >= 4 is 27.5 Å². The SMILES string of the molecule is CCc1cccc2c1[nH]c1ccc(N)cc12. The molecule has 0 aliphatic rings. The van der Waals surface area contributed by atoms with Gasteiger partial charge in [-0.3, -0.25) is 0 Å². The van der Waals surface area contributed by atoms with Crippen LogP contribution in [0.3, 0.4) is 0 Å². The Balaban J connectivity index is 2.50. The molecule has 3 aromatic rings. The van der Waals surface area contributed by atoms with Crippen LogP contribution in [0.5, 0.6) is 0 Å². The number of aryl methyl sites for hydroxylation is 1. The average molecular weight is 210 g/mol.